The molecule has 0 aliphatic heterocycles. The second-order valence-electron chi connectivity index (χ2n) is 6.36. The van der Waals surface area contributed by atoms with E-state index in [1.807, 2.05) is 18.2 Å². The summed E-state index contributed by atoms with van der Waals surface area (Å²) in [5, 5.41) is 0. The van der Waals surface area contributed by atoms with Crippen molar-refractivity contribution in [2.75, 3.05) is 0 Å². The van der Waals surface area contributed by atoms with Crippen molar-refractivity contribution < 1.29 is 9.47 Å². The van der Waals surface area contributed by atoms with Gasteiger partial charge in [0, 0.05) is 6.42 Å². The molecular weight excluding hydrogens is 296 g/mol. The van der Waals surface area contributed by atoms with Crippen molar-refractivity contribution in [3.63, 3.8) is 0 Å². The zero-order chi connectivity index (χ0) is 17.2. The maximum absolute atomic E-state index is 6.08. The predicted octanol–water partition coefficient (Wildman–Crippen LogP) is 6.31. The van der Waals surface area contributed by atoms with Crippen molar-refractivity contribution in [1.82, 2.24) is 0 Å². The minimum Gasteiger partial charge on any atom is -0.465 e. The minimum absolute atomic E-state index is 0.195. The molecule has 130 valence electrons. The summed E-state index contributed by atoms with van der Waals surface area (Å²) < 4.78 is 12.1. The van der Waals surface area contributed by atoms with Gasteiger partial charge in [-0.05, 0) is 42.0 Å². The molecule has 0 saturated heterocycles. The molecule has 0 aliphatic carbocycles. The highest BCUT2D eigenvalue weighted by Crippen LogP contribution is 2.23. The summed E-state index contributed by atoms with van der Waals surface area (Å²) >= 11 is 0. The molecule has 2 nitrogen and oxygen atoms in total. The van der Waals surface area contributed by atoms with Crippen LogP contribution in [0.4, 0.5) is 0 Å². The summed E-state index contributed by atoms with van der Waals surface area (Å²) in [6.45, 7) is 7.24. The van der Waals surface area contributed by atoms with E-state index >= 15 is 0 Å². The summed E-state index contributed by atoms with van der Waals surface area (Å²) in [5.74, 6) is 1.47. The van der Waals surface area contributed by atoms with Gasteiger partial charge in [-0.15, -0.1) is 0 Å². The molecular formula is C22H30O2. The van der Waals surface area contributed by atoms with E-state index in [0.29, 0.717) is 12.5 Å². The molecule has 0 N–H and O–H groups in total. The van der Waals surface area contributed by atoms with Gasteiger partial charge in [0.25, 0.3) is 0 Å². The van der Waals surface area contributed by atoms with E-state index in [1.165, 1.54) is 11.1 Å². The average Bonchev–Trinajstić information content (AvgIpc) is 2.64. The smallest absolute Gasteiger partial charge is 0.200 e. The van der Waals surface area contributed by atoms with Crippen molar-refractivity contribution in [3.8, 4) is 5.75 Å². The van der Waals surface area contributed by atoms with Gasteiger partial charge in [-0.1, -0.05) is 69.7 Å². The van der Waals surface area contributed by atoms with E-state index in [0.717, 1.165) is 31.4 Å². The number of rotatable bonds is 10. The van der Waals surface area contributed by atoms with Crippen LogP contribution < -0.4 is 4.74 Å². The van der Waals surface area contributed by atoms with E-state index in [1.54, 1.807) is 0 Å². The number of hydrogen-bond donors (Lipinski definition) is 0. The maximum Gasteiger partial charge on any atom is 0.200 e. The normalized spacial score (nSPS) is 13.5. The first-order valence-corrected chi connectivity index (χ1v) is 9.15. The largest absolute Gasteiger partial charge is 0.465 e. The highest BCUT2D eigenvalue weighted by Gasteiger charge is 2.11. The summed E-state index contributed by atoms with van der Waals surface area (Å²) in [6, 6.07) is 18.7. The Balaban J connectivity index is 1.94. The van der Waals surface area contributed by atoms with Crippen molar-refractivity contribution in [1.29, 1.82) is 0 Å². The lowest BCUT2D eigenvalue weighted by molar-refractivity contribution is -0.0943. The molecule has 2 aromatic rings. The molecule has 2 rings (SSSR count). The van der Waals surface area contributed by atoms with Crippen LogP contribution in [0.2, 0.25) is 0 Å². The van der Waals surface area contributed by atoms with Crippen molar-refractivity contribution >= 4 is 0 Å². The van der Waals surface area contributed by atoms with Crippen LogP contribution in [0.25, 0.3) is 0 Å². The molecule has 0 saturated carbocycles. The third-order valence-electron chi connectivity index (χ3n) is 4.40. The van der Waals surface area contributed by atoms with E-state index < -0.39 is 0 Å². The fraction of sp³-hybridized carbons (Fsp3) is 0.455. The van der Waals surface area contributed by atoms with Crippen LogP contribution in [0.15, 0.2) is 54.6 Å². The fourth-order valence-corrected chi connectivity index (χ4v) is 2.57. The molecule has 0 aliphatic rings. The maximum atomic E-state index is 6.08. The van der Waals surface area contributed by atoms with Gasteiger partial charge in [0.1, 0.15) is 5.75 Å². The summed E-state index contributed by atoms with van der Waals surface area (Å²) in [4.78, 5) is 0. The van der Waals surface area contributed by atoms with E-state index in [4.69, 9.17) is 9.47 Å². The van der Waals surface area contributed by atoms with Crippen LogP contribution in [0, 0.1) is 0 Å². The Hall–Kier alpha value is -1.80. The molecule has 0 heterocycles. The molecule has 0 amide bonds. The Kier molecular flexibility index (Phi) is 7.84. The fourth-order valence-electron chi connectivity index (χ4n) is 2.57. The first kappa shape index (κ1) is 18.5. The Bertz CT molecular complexity index is 562. The van der Waals surface area contributed by atoms with Crippen LogP contribution in [-0.4, -0.2) is 6.29 Å². The molecule has 2 unspecified atom stereocenters. The second-order valence-corrected chi connectivity index (χ2v) is 6.36. The zero-order valence-corrected chi connectivity index (χ0v) is 15.2. The van der Waals surface area contributed by atoms with Crippen LogP contribution in [-0.2, 0) is 11.3 Å². The highest BCUT2D eigenvalue weighted by molar-refractivity contribution is 5.29. The van der Waals surface area contributed by atoms with E-state index in [2.05, 4.69) is 57.2 Å². The third-order valence-corrected chi connectivity index (χ3v) is 4.40. The second kappa shape index (κ2) is 10.1. The molecule has 2 heteroatoms. The van der Waals surface area contributed by atoms with Gasteiger partial charge >= 0.3 is 0 Å². The Labute approximate surface area is 146 Å². The molecule has 24 heavy (non-hydrogen) atoms. The summed E-state index contributed by atoms with van der Waals surface area (Å²) in [5.41, 5.74) is 2.54. The van der Waals surface area contributed by atoms with Crippen LogP contribution in [0.1, 0.15) is 63.5 Å². The number of hydrogen-bond acceptors (Lipinski definition) is 2. The van der Waals surface area contributed by atoms with Crippen LogP contribution in [0.5, 0.6) is 5.75 Å². The molecule has 2 atom stereocenters. The number of unbranched alkanes of at least 4 members (excludes halogenated alkanes) is 1. The van der Waals surface area contributed by atoms with Gasteiger partial charge in [0.15, 0.2) is 6.29 Å². The molecule has 0 radical (unpaired) electrons. The zero-order valence-electron chi connectivity index (χ0n) is 15.2. The van der Waals surface area contributed by atoms with Crippen molar-refractivity contribution in [2.45, 2.75) is 65.3 Å². The van der Waals surface area contributed by atoms with E-state index in [-0.39, 0.29) is 6.29 Å². The predicted molar refractivity (Wildman–Crippen MR) is 100 cm³/mol. The lowest BCUT2D eigenvalue weighted by Crippen LogP contribution is -2.20. The third kappa shape index (κ3) is 6.01. The molecule has 0 aromatic heterocycles. The lowest BCUT2D eigenvalue weighted by atomic mass is 9.99. The summed E-state index contributed by atoms with van der Waals surface area (Å²) in [7, 11) is 0. The van der Waals surface area contributed by atoms with Crippen molar-refractivity contribution in [3.05, 3.63) is 65.7 Å². The van der Waals surface area contributed by atoms with Gasteiger partial charge in [0.05, 0.1) is 6.61 Å². The topological polar surface area (TPSA) is 18.5 Å². The lowest BCUT2D eigenvalue weighted by Gasteiger charge is -2.20. The van der Waals surface area contributed by atoms with Gasteiger partial charge < -0.3 is 9.47 Å². The molecule has 0 bridgehead atoms. The highest BCUT2D eigenvalue weighted by atomic mass is 16.7. The van der Waals surface area contributed by atoms with Gasteiger partial charge in [0.2, 0.25) is 0 Å². The quantitative estimate of drug-likeness (QED) is 0.476. The van der Waals surface area contributed by atoms with Gasteiger partial charge in [-0.25, -0.2) is 0 Å². The minimum atomic E-state index is -0.195. The van der Waals surface area contributed by atoms with Crippen molar-refractivity contribution in [2.24, 2.45) is 0 Å². The molecule has 2 aromatic carbocycles. The Morgan fingerprint density at radius 1 is 0.917 bits per heavy atom. The molecule has 0 spiro atoms. The van der Waals surface area contributed by atoms with E-state index in [9.17, 15) is 0 Å². The SMILES string of the molecule is CCCCC(OCc1ccccc1)Oc1ccc(C(C)CC)cc1. The Morgan fingerprint density at radius 3 is 2.25 bits per heavy atom. The average molecular weight is 326 g/mol. The monoisotopic (exact) mass is 326 g/mol. The first-order chi connectivity index (χ1) is 11.7. The molecule has 0 fully saturated rings. The number of benzene rings is 2. The first-order valence-electron chi connectivity index (χ1n) is 9.15. The van der Waals surface area contributed by atoms with Gasteiger partial charge in [-0.2, -0.15) is 0 Å². The Morgan fingerprint density at radius 2 is 1.62 bits per heavy atom. The standard InChI is InChI=1S/C22H30O2/c1-4-6-12-22(23-17-19-10-8-7-9-11-19)24-21-15-13-20(14-16-21)18(3)5-2/h7-11,13-16,18,22H,4-6,12,17H2,1-3H3. The summed E-state index contributed by atoms with van der Waals surface area (Å²) in [6.07, 6.45) is 4.11. The van der Waals surface area contributed by atoms with Crippen LogP contribution >= 0.6 is 0 Å². The van der Waals surface area contributed by atoms with Crippen LogP contribution in [0.3, 0.4) is 0 Å². The number of ether oxygens (including phenoxy) is 2. The van der Waals surface area contributed by atoms with Gasteiger partial charge in [-0.3, -0.25) is 0 Å².